The van der Waals surface area contributed by atoms with Gasteiger partial charge in [-0.3, -0.25) is 9.59 Å². The van der Waals surface area contributed by atoms with E-state index in [1.807, 2.05) is 31.5 Å². The van der Waals surface area contributed by atoms with Crippen LogP contribution >= 0.6 is 11.6 Å². The molecule has 3 aromatic rings. The number of aromatic nitrogens is 3. The zero-order valence-electron chi connectivity index (χ0n) is 17.6. The van der Waals surface area contributed by atoms with Crippen molar-refractivity contribution in [3.05, 3.63) is 58.1 Å². The smallest absolute Gasteiger partial charge is 0.255 e. The number of hydrogen-bond donors (Lipinski definition) is 0. The van der Waals surface area contributed by atoms with Crippen LogP contribution in [0.5, 0.6) is 0 Å². The number of amides is 2. The maximum Gasteiger partial charge on any atom is 0.255 e. The van der Waals surface area contributed by atoms with Crippen LogP contribution in [-0.4, -0.2) is 62.6 Å². The van der Waals surface area contributed by atoms with Crippen LogP contribution in [0, 0.1) is 12.7 Å². The quantitative estimate of drug-likeness (QED) is 0.618. The van der Waals surface area contributed by atoms with E-state index in [1.165, 1.54) is 12.1 Å². The molecule has 1 aromatic carbocycles. The van der Waals surface area contributed by atoms with Crippen molar-refractivity contribution in [2.45, 2.75) is 26.8 Å². The molecule has 0 aliphatic carbocycles. The number of carbonyl (C=O) groups excluding carboxylic acids is 2. The normalized spacial score (nSPS) is 14.5. The average Bonchev–Trinajstić information content (AvgIpc) is 3.15. The number of nitrogens with zero attached hydrogens (tertiary/aromatic N) is 5. The van der Waals surface area contributed by atoms with Gasteiger partial charge in [-0.25, -0.2) is 14.1 Å². The van der Waals surface area contributed by atoms with Gasteiger partial charge in [-0.15, -0.1) is 0 Å². The summed E-state index contributed by atoms with van der Waals surface area (Å²) in [6.07, 6.45) is 1.72. The van der Waals surface area contributed by atoms with Crippen molar-refractivity contribution in [1.29, 1.82) is 0 Å². The molecule has 3 heterocycles. The Labute approximate surface area is 184 Å². The van der Waals surface area contributed by atoms with Crippen LogP contribution in [0.2, 0.25) is 5.02 Å². The van der Waals surface area contributed by atoms with Crippen LogP contribution in [0.3, 0.4) is 0 Å². The molecule has 2 aromatic heterocycles. The SMILES string of the molecule is Cc1nc2c(cnn2C(C)C)cc1C(=O)N1CCN(C(=O)c2ccc(F)cc2Cl)CC1. The molecule has 1 fully saturated rings. The Bertz CT molecular complexity index is 1170. The molecule has 0 bridgehead atoms. The van der Waals surface area contributed by atoms with Gasteiger partial charge in [-0.1, -0.05) is 11.6 Å². The molecule has 2 amide bonds. The molecular weight excluding hydrogens is 421 g/mol. The summed E-state index contributed by atoms with van der Waals surface area (Å²) in [5, 5.41) is 5.28. The predicted molar refractivity (Wildman–Crippen MR) is 116 cm³/mol. The van der Waals surface area contributed by atoms with Gasteiger partial charge in [0.1, 0.15) is 5.82 Å². The van der Waals surface area contributed by atoms with E-state index in [2.05, 4.69) is 10.1 Å². The number of hydrogen-bond acceptors (Lipinski definition) is 4. The zero-order chi connectivity index (χ0) is 22.3. The third-order valence-electron chi connectivity index (χ3n) is 5.49. The Morgan fingerprint density at radius 1 is 1.03 bits per heavy atom. The molecule has 0 unspecified atom stereocenters. The van der Waals surface area contributed by atoms with Crippen LogP contribution < -0.4 is 0 Å². The molecule has 4 rings (SSSR count). The second-order valence-electron chi connectivity index (χ2n) is 7.93. The fourth-order valence-corrected chi connectivity index (χ4v) is 4.02. The molecule has 162 valence electrons. The van der Waals surface area contributed by atoms with Crippen molar-refractivity contribution in [2.75, 3.05) is 26.2 Å². The first-order chi connectivity index (χ1) is 14.8. The first-order valence-electron chi connectivity index (χ1n) is 10.1. The summed E-state index contributed by atoms with van der Waals surface area (Å²) in [5.41, 5.74) is 2.21. The Kier molecular flexibility index (Phi) is 5.66. The van der Waals surface area contributed by atoms with Crippen LogP contribution in [0.15, 0.2) is 30.5 Å². The van der Waals surface area contributed by atoms with Gasteiger partial charge in [0.05, 0.1) is 28.0 Å². The van der Waals surface area contributed by atoms with Crippen molar-refractivity contribution in [3.8, 4) is 0 Å². The van der Waals surface area contributed by atoms with E-state index < -0.39 is 5.82 Å². The third kappa shape index (κ3) is 3.99. The minimum atomic E-state index is -0.489. The first kappa shape index (κ1) is 21.2. The highest BCUT2D eigenvalue weighted by atomic mass is 35.5. The number of rotatable bonds is 3. The molecule has 1 aliphatic heterocycles. The van der Waals surface area contributed by atoms with E-state index in [0.717, 1.165) is 17.1 Å². The number of carbonyl (C=O) groups is 2. The third-order valence-corrected chi connectivity index (χ3v) is 5.81. The van der Waals surface area contributed by atoms with Crippen molar-refractivity contribution in [3.63, 3.8) is 0 Å². The lowest BCUT2D eigenvalue weighted by Gasteiger charge is -2.35. The van der Waals surface area contributed by atoms with E-state index in [-0.39, 0.29) is 28.4 Å². The summed E-state index contributed by atoms with van der Waals surface area (Å²) in [6, 6.07) is 5.74. The van der Waals surface area contributed by atoms with E-state index in [1.54, 1.807) is 16.0 Å². The molecule has 0 spiro atoms. The summed E-state index contributed by atoms with van der Waals surface area (Å²) >= 11 is 6.02. The van der Waals surface area contributed by atoms with Gasteiger partial charge in [0.15, 0.2) is 5.65 Å². The number of benzene rings is 1. The van der Waals surface area contributed by atoms with Gasteiger partial charge in [-0.2, -0.15) is 5.10 Å². The van der Waals surface area contributed by atoms with Crippen molar-refractivity contribution >= 4 is 34.4 Å². The van der Waals surface area contributed by atoms with Crippen molar-refractivity contribution in [1.82, 2.24) is 24.6 Å². The number of pyridine rings is 1. The van der Waals surface area contributed by atoms with Gasteiger partial charge >= 0.3 is 0 Å². The molecule has 1 saturated heterocycles. The lowest BCUT2D eigenvalue weighted by atomic mass is 10.1. The number of halogens is 2. The summed E-state index contributed by atoms with van der Waals surface area (Å²) in [6.45, 7) is 7.42. The topological polar surface area (TPSA) is 71.3 Å². The second kappa shape index (κ2) is 8.26. The summed E-state index contributed by atoms with van der Waals surface area (Å²) < 4.78 is 15.1. The molecule has 9 heteroatoms. The van der Waals surface area contributed by atoms with E-state index >= 15 is 0 Å². The Hall–Kier alpha value is -3.00. The lowest BCUT2D eigenvalue weighted by Crippen LogP contribution is -2.50. The summed E-state index contributed by atoms with van der Waals surface area (Å²) in [4.78, 5) is 33.8. The fourth-order valence-electron chi connectivity index (χ4n) is 3.78. The zero-order valence-corrected chi connectivity index (χ0v) is 18.4. The molecule has 0 N–H and O–H groups in total. The molecule has 1 aliphatic rings. The highest BCUT2D eigenvalue weighted by Crippen LogP contribution is 2.22. The first-order valence-corrected chi connectivity index (χ1v) is 10.5. The van der Waals surface area contributed by atoms with E-state index in [0.29, 0.717) is 37.4 Å². The van der Waals surface area contributed by atoms with Crippen LogP contribution in [0.1, 0.15) is 46.3 Å². The maximum atomic E-state index is 13.3. The molecule has 7 nitrogen and oxygen atoms in total. The fraction of sp³-hybridized carbons (Fsp3) is 0.364. The lowest BCUT2D eigenvalue weighted by molar-refractivity contribution is 0.0535. The highest BCUT2D eigenvalue weighted by Gasteiger charge is 2.28. The van der Waals surface area contributed by atoms with E-state index in [9.17, 15) is 14.0 Å². The van der Waals surface area contributed by atoms with Crippen LogP contribution in [0.4, 0.5) is 4.39 Å². The molecule has 0 saturated carbocycles. The van der Waals surface area contributed by atoms with Gasteiger partial charge in [0, 0.05) is 37.6 Å². The average molecular weight is 444 g/mol. The molecule has 31 heavy (non-hydrogen) atoms. The highest BCUT2D eigenvalue weighted by molar-refractivity contribution is 6.33. The Morgan fingerprint density at radius 3 is 2.23 bits per heavy atom. The molecular formula is C22H23ClFN5O2. The standard InChI is InChI=1S/C22H23ClFN5O2/c1-13(2)29-20-15(12-25-29)10-18(14(3)26-20)22(31)28-8-6-27(7-9-28)21(30)17-5-4-16(24)11-19(17)23/h4-5,10-13H,6-9H2,1-3H3. The maximum absolute atomic E-state index is 13.3. The summed E-state index contributed by atoms with van der Waals surface area (Å²) in [7, 11) is 0. The molecule has 0 radical (unpaired) electrons. The van der Waals surface area contributed by atoms with Gasteiger partial charge in [0.25, 0.3) is 11.8 Å². The monoisotopic (exact) mass is 443 g/mol. The molecule has 0 atom stereocenters. The van der Waals surface area contributed by atoms with E-state index in [4.69, 9.17) is 11.6 Å². The largest absolute Gasteiger partial charge is 0.335 e. The minimum Gasteiger partial charge on any atom is -0.335 e. The van der Waals surface area contributed by atoms with Gasteiger partial charge in [0.2, 0.25) is 0 Å². The van der Waals surface area contributed by atoms with Crippen LogP contribution in [-0.2, 0) is 0 Å². The number of aryl methyl sites for hydroxylation is 1. The Balaban J connectivity index is 1.48. The Morgan fingerprint density at radius 2 is 1.65 bits per heavy atom. The van der Waals surface area contributed by atoms with Crippen molar-refractivity contribution in [2.24, 2.45) is 0 Å². The summed E-state index contributed by atoms with van der Waals surface area (Å²) in [5.74, 6) is -0.870. The minimum absolute atomic E-state index is 0.0838. The van der Waals surface area contributed by atoms with Gasteiger partial charge in [-0.05, 0) is 45.0 Å². The number of piperazine rings is 1. The van der Waals surface area contributed by atoms with Crippen LogP contribution in [0.25, 0.3) is 11.0 Å². The van der Waals surface area contributed by atoms with Gasteiger partial charge < -0.3 is 9.80 Å². The van der Waals surface area contributed by atoms with Crippen molar-refractivity contribution < 1.29 is 14.0 Å². The predicted octanol–water partition coefficient (Wildman–Crippen LogP) is 3.71. The second-order valence-corrected chi connectivity index (χ2v) is 8.33. The number of fused-ring (bicyclic) bond motifs is 1.